The van der Waals surface area contributed by atoms with Crippen molar-refractivity contribution in [1.29, 1.82) is 0 Å². The summed E-state index contributed by atoms with van der Waals surface area (Å²) in [6, 6.07) is 5.65. The molecule has 0 N–H and O–H groups in total. The fraction of sp³-hybridized carbons (Fsp3) is 0.571. The van der Waals surface area contributed by atoms with E-state index in [2.05, 4.69) is 11.8 Å². The zero-order chi connectivity index (χ0) is 13.2. The van der Waals surface area contributed by atoms with Gasteiger partial charge in [-0.2, -0.15) is 13.2 Å². The fourth-order valence-electron chi connectivity index (χ4n) is 2.53. The summed E-state index contributed by atoms with van der Waals surface area (Å²) >= 11 is 0. The predicted molar refractivity (Wildman–Crippen MR) is 65.1 cm³/mol. The van der Waals surface area contributed by atoms with Crippen LogP contribution >= 0.6 is 0 Å². The summed E-state index contributed by atoms with van der Waals surface area (Å²) in [4.78, 5) is 2.24. The Labute approximate surface area is 106 Å². The molecule has 100 valence electrons. The number of likely N-dealkylation sites (tertiary alicyclic amines) is 1. The normalized spacial score (nSPS) is 22.1. The Kier molecular flexibility index (Phi) is 3.95. The molecule has 1 aromatic rings. The molecule has 1 unspecified atom stereocenters. The van der Waals surface area contributed by atoms with Crippen LogP contribution in [-0.4, -0.2) is 18.0 Å². The van der Waals surface area contributed by atoms with E-state index in [-0.39, 0.29) is 0 Å². The molecular weight excluding hydrogens is 239 g/mol. The zero-order valence-corrected chi connectivity index (χ0v) is 10.5. The summed E-state index contributed by atoms with van der Waals surface area (Å²) in [5, 5.41) is 0. The third kappa shape index (κ3) is 3.48. The number of nitrogens with zero attached hydrogens (tertiary/aromatic N) is 1. The van der Waals surface area contributed by atoms with Gasteiger partial charge in [-0.25, -0.2) is 0 Å². The lowest BCUT2D eigenvalue weighted by atomic mass is 9.99. The highest BCUT2D eigenvalue weighted by molar-refractivity contribution is 5.25. The van der Waals surface area contributed by atoms with E-state index in [0.717, 1.165) is 31.1 Å². The van der Waals surface area contributed by atoms with Crippen molar-refractivity contribution in [3.05, 3.63) is 35.4 Å². The van der Waals surface area contributed by atoms with Gasteiger partial charge >= 0.3 is 6.18 Å². The van der Waals surface area contributed by atoms with E-state index in [4.69, 9.17) is 0 Å². The molecule has 1 saturated heterocycles. The monoisotopic (exact) mass is 257 g/mol. The first-order valence-electron chi connectivity index (χ1n) is 6.33. The molecule has 0 aromatic heterocycles. The maximum atomic E-state index is 12.6. The van der Waals surface area contributed by atoms with Crippen LogP contribution in [0.4, 0.5) is 13.2 Å². The van der Waals surface area contributed by atoms with Crippen molar-refractivity contribution in [3.63, 3.8) is 0 Å². The summed E-state index contributed by atoms with van der Waals surface area (Å²) in [5.74, 6) is 0.643. The molecule has 0 spiro atoms. The van der Waals surface area contributed by atoms with Gasteiger partial charge in [0.2, 0.25) is 0 Å². The van der Waals surface area contributed by atoms with Gasteiger partial charge in [0.15, 0.2) is 0 Å². The Balaban J connectivity index is 2.05. The van der Waals surface area contributed by atoms with Gasteiger partial charge in [-0.05, 0) is 36.9 Å². The Morgan fingerprint density at radius 2 is 2.11 bits per heavy atom. The number of hydrogen-bond donors (Lipinski definition) is 0. The number of piperidine rings is 1. The van der Waals surface area contributed by atoms with Crippen LogP contribution in [-0.2, 0) is 12.7 Å². The lowest BCUT2D eigenvalue weighted by Gasteiger charge is -2.30. The summed E-state index contributed by atoms with van der Waals surface area (Å²) < 4.78 is 37.8. The van der Waals surface area contributed by atoms with Crippen molar-refractivity contribution in [2.24, 2.45) is 5.92 Å². The minimum Gasteiger partial charge on any atom is -0.299 e. The Bertz CT molecular complexity index is 400. The summed E-state index contributed by atoms with van der Waals surface area (Å²) in [6.45, 7) is 4.78. The van der Waals surface area contributed by atoms with E-state index >= 15 is 0 Å². The standard InChI is InChI=1S/C14H18F3N/c1-11-4-3-7-18(9-11)10-12-5-2-6-13(8-12)14(15,16)17/h2,5-6,8,11H,3-4,7,9-10H2,1H3. The van der Waals surface area contributed by atoms with Gasteiger partial charge in [0, 0.05) is 13.1 Å². The lowest BCUT2D eigenvalue weighted by molar-refractivity contribution is -0.137. The van der Waals surface area contributed by atoms with Crippen LogP contribution in [0.25, 0.3) is 0 Å². The predicted octanol–water partition coefficient (Wildman–Crippen LogP) is 3.94. The maximum Gasteiger partial charge on any atom is 0.416 e. The SMILES string of the molecule is CC1CCCN(Cc2cccc(C(F)(F)F)c2)C1. The minimum absolute atomic E-state index is 0.551. The van der Waals surface area contributed by atoms with Crippen LogP contribution in [0.2, 0.25) is 0 Å². The second kappa shape index (κ2) is 5.31. The number of benzene rings is 1. The van der Waals surface area contributed by atoms with Gasteiger partial charge in [-0.1, -0.05) is 25.1 Å². The molecule has 1 aliphatic rings. The van der Waals surface area contributed by atoms with Gasteiger partial charge in [-0.3, -0.25) is 4.90 Å². The average molecular weight is 257 g/mol. The molecule has 0 bridgehead atoms. The molecule has 1 aromatic carbocycles. The molecule has 0 radical (unpaired) electrons. The molecule has 0 aliphatic carbocycles. The molecule has 2 rings (SSSR count). The Morgan fingerprint density at radius 3 is 2.78 bits per heavy atom. The molecule has 18 heavy (non-hydrogen) atoms. The van der Waals surface area contributed by atoms with Crippen molar-refractivity contribution in [2.75, 3.05) is 13.1 Å². The topological polar surface area (TPSA) is 3.24 Å². The van der Waals surface area contributed by atoms with Crippen molar-refractivity contribution < 1.29 is 13.2 Å². The second-order valence-corrected chi connectivity index (χ2v) is 5.18. The molecule has 4 heteroatoms. The Hall–Kier alpha value is -1.03. The van der Waals surface area contributed by atoms with Crippen LogP contribution < -0.4 is 0 Å². The molecule has 0 amide bonds. The summed E-state index contributed by atoms with van der Waals surface area (Å²) in [6.07, 6.45) is -1.88. The van der Waals surface area contributed by atoms with Gasteiger partial charge in [0.05, 0.1) is 5.56 Å². The lowest BCUT2D eigenvalue weighted by Crippen LogP contribution is -2.33. The van der Waals surface area contributed by atoms with Crippen LogP contribution in [0.3, 0.4) is 0 Å². The summed E-state index contributed by atoms with van der Waals surface area (Å²) in [5.41, 5.74) is 0.198. The zero-order valence-electron chi connectivity index (χ0n) is 10.5. The van der Waals surface area contributed by atoms with Crippen LogP contribution in [0.1, 0.15) is 30.9 Å². The molecule has 1 atom stereocenters. The van der Waals surface area contributed by atoms with Gasteiger partial charge in [-0.15, -0.1) is 0 Å². The highest BCUT2D eigenvalue weighted by Gasteiger charge is 2.30. The highest BCUT2D eigenvalue weighted by atomic mass is 19.4. The maximum absolute atomic E-state index is 12.6. The number of rotatable bonds is 2. The van der Waals surface area contributed by atoms with E-state index in [1.807, 2.05) is 0 Å². The highest BCUT2D eigenvalue weighted by Crippen LogP contribution is 2.30. The van der Waals surface area contributed by atoms with Gasteiger partial charge in [0.1, 0.15) is 0 Å². The summed E-state index contributed by atoms with van der Waals surface area (Å²) in [7, 11) is 0. The quantitative estimate of drug-likeness (QED) is 0.775. The third-order valence-electron chi connectivity index (χ3n) is 3.40. The van der Waals surface area contributed by atoms with Crippen molar-refractivity contribution in [3.8, 4) is 0 Å². The van der Waals surface area contributed by atoms with Crippen molar-refractivity contribution in [1.82, 2.24) is 4.90 Å². The Morgan fingerprint density at radius 1 is 1.33 bits per heavy atom. The first-order valence-corrected chi connectivity index (χ1v) is 6.33. The van der Waals surface area contributed by atoms with E-state index < -0.39 is 11.7 Å². The van der Waals surface area contributed by atoms with Gasteiger partial charge < -0.3 is 0 Å². The molecule has 0 saturated carbocycles. The smallest absolute Gasteiger partial charge is 0.299 e. The molecular formula is C14H18F3N. The third-order valence-corrected chi connectivity index (χ3v) is 3.40. The molecule has 1 nitrogen and oxygen atoms in total. The first-order chi connectivity index (χ1) is 8.45. The minimum atomic E-state index is -4.24. The fourth-order valence-corrected chi connectivity index (χ4v) is 2.53. The number of halogens is 3. The van der Waals surface area contributed by atoms with Crippen molar-refractivity contribution in [2.45, 2.75) is 32.5 Å². The van der Waals surface area contributed by atoms with Crippen LogP contribution in [0.15, 0.2) is 24.3 Å². The molecule has 1 heterocycles. The van der Waals surface area contributed by atoms with Crippen molar-refractivity contribution >= 4 is 0 Å². The number of alkyl halides is 3. The van der Waals surface area contributed by atoms with E-state index in [9.17, 15) is 13.2 Å². The largest absolute Gasteiger partial charge is 0.416 e. The van der Waals surface area contributed by atoms with Crippen LogP contribution in [0.5, 0.6) is 0 Å². The van der Waals surface area contributed by atoms with E-state index in [1.54, 1.807) is 6.07 Å². The van der Waals surface area contributed by atoms with E-state index in [0.29, 0.717) is 12.5 Å². The average Bonchev–Trinajstić information content (AvgIpc) is 2.28. The number of hydrogen-bond acceptors (Lipinski definition) is 1. The second-order valence-electron chi connectivity index (χ2n) is 5.18. The van der Waals surface area contributed by atoms with E-state index in [1.165, 1.54) is 18.6 Å². The molecule has 1 aliphatic heterocycles. The molecule has 1 fully saturated rings. The van der Waals surface area contributed by atoms with Crippen LogP contribution in [0, 0.1) is 5.92 Å². The first kappa shape index (κ1) is 13.4. The van der Waals surface area contributed by atoms with Gasteiger partial charge in [0.25, 0.3) is 0 Å².